The van der Waals surface area contributed by atoms with Crippen LogP contribution in [0.2, 0.25) is 0 Å². The fourth-order valence-electron chi connectivity index (χ4n) is 4.17. The van der Waals surface area contributed by atoms with Gasteiger partial charge in [0.1, 0.15) is 0 Å². The Balaban J connectivity index is 1.71. The van der Waals surface area contributed by atoms with Gasteiger partial charge in [0.2, 0.25) is 0 Å². The first-order chi connectivity index (χ1) is 9.83. The van der Waals surface area contributed by atoms with Gasteiger partial charge >= 0.3 is 0 Å². The molecule has 0 saturated heterocycles. The summed E-state index contributed by atoms with van der Waals surface area (Å²) in [5, 5.41) is 3.82. The van der Waals surface area contributed by atoms with Crippen molar-refractivity contribution in [1.82, 2.24) is 5.32 Å². The predicted octanol–water partition coefficient (Wildman–Crippen LogP) is 3.52. The van der Waals surface area contributed by atoms with Gasteiger partial charge in [0.15, 0.2) is 0 Å². The normalized spacial score (nSPS) is 28.5. The van der Waals surface area contributed by atoms with Crippen molar-refractivity contribution in [3.05, 3.63) is 0 Å². The van der Waals surface area contributed by atoms with E-state index >= 15 is 0 Å². The van der Waals surface area contributed by atoms with Crippen molar-refractivity contribution < 1.29 is 9.47 Å². The number of methoxy groups -OCH3 is 1. The fourth-order valence-corrected chi connectivity index (χ4v) is 4.17. The first-order valence-electron chi connectivity index (χ1n) is 8.67. The molecular formula is C17H33NO2. The summed E-state index contributed by atoms with van der Waals surface area (Å²) in [6, 6.07) is 0.710. The van der Waals surface area contributed by atoms with Crippen molar-refractivity contribution in [2.45, 2.75) is 76.9 Å². The van der Waals surface area contributed by atoms with Gasteiger partial charge < -0.3 is 14.8 Å². The third-order valence-electron chi connectivity index (χ3n) is 5.35. The van der Waals surface area contributed by atoms with Crippen molar-refractivity contribution in [2.24, 2.45) is 5.41 Å². The lowest BCUT2D eigenvalue weighted by molar-refractivity contribution is -0.149. The SMILES string of the molecule is CCOC1CC(NCCCCCOC)C12CCCCC2. The molecule has 3 nitrogen and oxygen atoms in total. The molecule has 3 heteroatoms. The van der Waals surface area contributed by atoms with Crippen LogP contribution in [0, 0.1) is 5.41 Å². The van der Waals surface area contributed by atoms with E-state index in [0.29, 0.717) is 17.6 Å². The van der Waals surface area contributed by atoms with Crippen molar-refractivity contribution >= 4 is 0 Å². The Morgan fingerprint density at radius 1 is 1.10 bits per heavy atom. The molecule has 1 spiro atoms. The van der Waals surface area contributed by atoms with Crippen LogP contribution in [0.4, 0.5) is 0 Å². The first-order valence-corrected chi connectivity index (χ1v) is 8.67. The van der Waals surface area contributed by atoms with E-state index in [0.717, 1.165) is 19.8 Å². The quantitative estimate of drug-likeness (QED) is 0.657. The monoisotopic (exact) mass is 283 g/mol. The molecule has 0 aromatic rings. The maximum absolute atomic E-state index is 6.00. The third kappa shape index (κ3) is 3.75. The molecule has 2 rings (SSSR count). The highest BCUT2D eigenvalue weighted by Crippen LogP contribution is 2.53. The van der Waals surface area contributed by atoms with Gasteiger partial charge in [0, 0.05) is 31.8 Å². The summed E-state index contributed by atoms with van der Waals surface area (Å²) in [7, 11) is 1.79. The zero-order chi connectivity index (χ0) is 14.3. The van der Waals surface area contributed by atoms with Crippen LogP contribution in [0.3, 0.4) is 0 Å². The average Bonchev–Trinajstić information content (AvgIpc) is 2.49. The Labute approximate surface area is 124 Å². The summed E-state index contributed by atoms with van der Waals surface area (Å²) < 4.78 is 11.1. The minimum atomic E-state index is 0.473. The molecule has 0 aliphatic heterocycles. The Kier molecular flexibility index (Phi) is 6.79. The second-order valence-corrected chi connectivity index (χ2v) is 6.53. The van der Waals surface area contributed by atoms with E-state index in [1.807, 2.05) is 0 Å². The molecule has 2 fully saturated rings. The second kappa shape index (κ2) is 8.35. The van der Waals surface area contributed by atoms with Gasteiger partial charge in [-0.05, 0) is 52.0 Å². The summed E-state index contributed by atoms with van der Waals surface area (Å²) in [6.07, 6.45) is 12.5. The van der Waals surface area contributed by atoms with Crippen molar-refractivity contribution in [1.29, 1.82) is 0 Å². The molecule has 118 valence electrons. The van der Waals surface area contributed by atoms with Crippen LogP contribution in [0.15, 0.2) is 0 Å². The molecule has 2 unspecified atom stereocenters. The van der Waals surface area contributed by atoms with Crippen LogP contribution in [0.1, 0.15) is 64.7 Å². The van der Waals surface area contributed by atoms with E-state index in [4.69, 9.17) is 9.47 Å². The molecule has 2 saturated carbocycles. The number of ether oxygens (including phenoxy) is 2. The van der Waals surface area contributed by atoms with Crippen molar-refractivity contribution in [2.75, 3.05) is 26.9 Å². The van der Waals surface area contributed by atoms with Crippen LogP contribution < -0.4 is 5.32 Å². The number of rotatable bonds is 9. The maximum Gasteiger partial charge on any atom is 0.0661 e. The summed E-state index contributed by atoms with van der Waals surface area (Å²) in [5.74, 6) is 0. The third-order valence-corrected chi connectivity index (χ3v) is 5.35. The van der Waals surface area contributed by atoms with Crippen LogP contribution in [-0.4, -0.2) is 39.0 Å². The van der Waals surface area contributed by atoms with Crippen molar-refractivity contribution in [3.8, 4) is 0 Å². The lowest BCUT2D eigenvalue weighted by atomic mass is 9.55. The van der Waals surface area contributed by atoms with E-state index in [-0.39, 0.29) is 0 Å². The molecule has 0 radical (unpaired) electrons. The zero-order valence-corrected chi connectivity index (χ0v) is 13.5. The average molecular weight is 283 g/mol. The van der Waals surface area contributed by atoms with Crippen LogP contribution >= 0.6 is 0 Å². The molecule has 20 heavy (non-hydrogen) atoms. The van der Waals surface area contributed by atoms with Gasteiger partial charge in [-0.3, -0.25) is 0 Å². The summed E-state index contributed by atoms with van der Waals surface area (Å²) in [6.45, 7) is 5.07. The Morgan fingerprint density at radius 2 is 1.90 bits per heavy atom. The maximum atomic E-state index is 6.00. The van der Waals surface area contributed by atoms with E-state index in [9.17, 15) is 0 Å². The Morgan fingerprint density at radius 3 is 2.60 bits per heavy atom. The molecule has 0 aromatic heterocycles. The lowest BCUT2D eigenvalue weighted by Crippen LogP contribution is -2.64. The standard InChI is InChI=1S/C17H33NO2/c1-3-20-16-14-15(17(16)10-6-4-7-11-17)18-12-8-5-9-13-19-2/h15-16,18H,3-14H2,1-2H3. The van der Waals surface area contributed by atoms with Gasteiger partial charge in [-0.1, -0.05) is 19.3 Å². The molecule has 2 aliphatic carbocycles. The smallest absolute Gasteiger partial charge is 0.0661 e. The van der Waals surface area contributed by atoms with Crippen LogP contribution in [0.25, 0.3) is 0 Å². The van der Waals surface area contributed by atoms with Crippen molar-refractivity contribution in [3.63, 3.8) is 0 Å². The molecule has 0 aromatic carbocycles. The van der Waals surface area contributed by atoms with Crippen LogP contribution in [-0.2, 0) is 9.47 Å². The minimum Gasteiger partial charge on any atom is -0.385 e. The Hall–Kier alpha value is -0.120. The molecule has 2 aliphatic rings. The largest absolute Gasteiger partial charge is 0.385 e. The fraction of sp³-hybridized carbons (Fsp3) is 1.00. The Bertz CT molecular complexity index is 264. The molecular weight excluding hydrogens is 250 g/mol. The molecule has 0 heterocycles. The molecule has 1 N–H and O–H groups in total. The van der Waals surface area contributed by atoms with Gasteiger partial charge in [0.25, 0.3) is 0 Å². The number of hydrogen-bond acceptors (Lipinski definition) is 3. The molecule has 0 amide bonds. The molecule has 2 atom stereocenters. The highest BCUT2D eigenvalue weighted by atomic mass is 16.5. The van der Waals surface area contributed by atoms with Gasteiger partial charge in [-0.15, -0.1) is 0 Å². The lowest BCUT2D eigenvalue weighted by Gasteiger charge is -2.58. The van der Waals surface area contributed by atoms with E-state index in [1.54, 1.807) is 7.11 Å². The van der Waals surface area contributed by atoms with Gasteiger partial charge in [-0.2, -0.15) is 0 Å². The van der Waals surface area contributed by atoms with E-state index < -0.39 is 0 Å². The second-order valence-electron chi connectivity index (χ2n) is 6.53. The van der Waals surface area contributed by atoms with E-state index in [2.05, 4.69) is 12.2 Å². The highest BCUT2D eigenvalue weighted by Gasteiger charge is 2.55. The minimum absolute atomic E-state index is 0.473. The summed E-state index contributed by atoms with van der Waals surface area (Å²) in [5.41, 5.74) is 0.473. The summed E-state index contributed by atoms with van der Waals surface area (Å²) >= 11 is 0. The molecule has 0 bridgehead atoms. The topological polar surface area (TPSA) is 30.5 Å². The number of hydrogen-bond donors (Lipinski definition) is 1. The van der Waals surface area contributed by atoms with E-state index in [1.165, 1.54) is 57.8 Å². The summed E-state index contributed by atoms with van der Waals surface area (Å²) in [4.78, 5) is 0. The zero-order valence-electron chi connectivity index (χ0n) is 13.5. The first kappa shape index (κ1) is 16.3. The number of nitrogens with one attached hydrogen (secondary N) is 1. The highest BCUT2D eigenvalue weighted by molar-refractivity contribution is 5.08. The van der Waals surface area contributed by atoms with Gasteiger partial charge in [-0.25, -0.2) is 0 Å². The van der Waals surface area contributed by atoms with Gasteiger partial charge in [0.05, 0.1) is 6.10 Å². The predicted molar refractivity (Wildman–Crippen MR) is 83.1 cm³/mol. The van der Waals surface area contributed by atoms with Crippen LogP contribution in [0.5, 0.6) is 0 Å². The number of unbranched alkanes of at least 4 members (excludes halogenated alkanes) is 2.